The Balaban J connectivity index is 1.66. The highest BCUT2D eigenvalue weighted by Gasteiger charge is 2.51. The molecule has 0 aliphatic heterocycles. The molecule has 1 fully saturated rings. The van der Waals surface area contributed by atoms with E-state index >= 15 is 0 Å². The summed E-state index contributed by atoms with van der Waals surface area (Å²) in [5.41, 5.74) is 2.05. The average molecular weight is 370 g/mol. The Kier molecular flexibility index (Phi) is 5.43. The van der Waals surface area contributed by atoms with Crippen molar-refractivity contribution in [1.29, 1.82) is 0 Å². The molecule has 0 heterocycles. The first kappa shape index (κ1) is 18.2. The van der Waals surface area contributed by atoms with Crippen LogP contribution in [0.2, 0.25) is 5.02 Å². The van der Waals surface area contributed by atoms with E-state index in [1.807, 2.05) is 48.5 Å². The lowest BCUT2D eigenvalue weighted by Crippen LogP contribution is -2.27. The number of hydrogen-bond acceptors (Lipinski definition) is 3. The predicted octanol–water partition coefficient (Wildman–Crippen LogP) is 4.59. The van der Waals surface area contributed by atoms with E-state index in [0.717, 1.165) is 29.7 Å². The molecular weight excluding hydrogens is 350 g/mol. The molecule has 0 aromatic heterocycles. The maximum absolute atomic E-state index is 12.8. The fourth-order valence-corrected chi connectivity index (χ4v) is 3.03. The highest BCUT2D eigenvalue weighted by atomic mass is 35.5. The second-order valence-electron chi connectivity index (χ2n) is 6.25. The van der Waals surface area contributed by atoms with Gasteiger partial charge in [0.2, 0.25) is 5.91 Å². The number of anilines is 1. The Labute approximate surface area is 157 Å². The Morgan fingerprint density at radius 1 is 1.19 bits per heavy atom. The Morgan fingerprint density at radius 3 is 2.54 bits per heavy atom. The minimum absolute atomic E-state index is 0.0189. The van der Waals surface area contributed by atoms with Gasteiger partial charge in [0.15, 0.2) is 0 Å². The number of ether oxygens (including phenoxy) is 1. The molecule has 0 radical (unpaired) electrons. The highest BCUT2D eigenvalue weighted by Crippen LogP contribution is 2.49. The molecule has 1 N–H and O–H groups in total. The zero-order valence-electron chi connectivity index (χ0n) is 14.5. The van der Waals surface area contributed by atoms with E-state index in [4.69, 9.17) is 16.3 Å². The van der Waals surface area contributed by atoms with E-state index in [0.29, 0.717) is 11.6 Å². The molecular formula is C21H20ClNO3. The second-order valence-corrected chi connectivity index (χ2v) is 6.69. The number of esters is 1. The van der Waals surface area contributed by atoms with Crippen LogP contribution in [-0.4, -0.2) is 18.5 Å². The van der Waals surface area contributed by atoms with Crippen LogP contribution in [0.1, 0.15) is 30.9 Å². The summed E-state index contributed by atoms with van der Waals surface area (Å²) in [6.07, 6.45) is 4.70. The van der Waals surface area contributed by atoms with Gasteiger partial charge >= 0.3 is 5.97 Å². The molecule has 0 bridgehead atoms. The number of hydrogen-bond donors (Lipinski definition) is 1. The largest absolute Gasteiger partial charge is 0.463 e. The van der Waals surface area contributed by atoms with Crippen LogP contribution in [-0.2, 0) is 19.7 Å². The SMILES string of the molecule is CCOC(=O)/C=C/c1ccc(NC(=O)C2(c3cccc(Cl)c3)CC2)cc1. The molecule has 3 rings (SSSR count). The lowest BCUT2D eigenvalue weighted by Gasteiger charge is -2.16. The molecule has 2 aromatic carbocycles. The minimum Gasteiger partial charge on any atom is -0.463 e. The third-order valence-corrected chi connectivity index (χ3v) is 4.66. The molecule has 1 amide bonds. The van der Waals surface area contributed by atoms with Gasteiger partial charge in [-0.25, -0.2) is 4.79 Å². The lowest BCUT2D eigenvalue weighted by molar-refractivity contribution is -0.137. The summed E-state index contributed by atoms with van der Waals surface area (Å²) in [6.45, 7) is 2.11. The highest BCUT2D eigenvalue weighted by molar-refractivity contribution is 6.30. The summed E-state index contributed by atoms with van der Waals surface area (Å²) in [7, 11) is 0. The molecule has 2 aromatic rings. The Bertz CT molecular complexity index is 839. The van der Waals surface area contributed by atoms with Gasteiger partial charge in [0.1, 0.15) is 0 Å². The molecule has 1 aliphatic carbocycles. The van der Waals surface area contributed by atoms with Gasteiger partial charge < -0.3 is 10.1 Å². The van der Waals surface area contributed by atoms with Gasteiger partial charge in [-0.2, -0.15) is 0 Å². The van der Waals surface area contributed by atoms with Crippen molar-refractivity contribution in [2.45, 2.75) is 25.2 Å². The topological polar surface area (TPSA) is 55.4 Å². The third-order valence-electron chi connectivity index (χ3n) is 4.43. The number of nitrogens with one attached hydrogen (secondary N) is 1. The van der Waals surface area contributed by atoms with Gasteiger partial charge in [0.05, 0.1) is 12.0 Å². The monoisotopic (exact) mass is 369 g/mol. The van der Waals surface area contributed by atoms with Crippen molar-refractivity contribution in [3.05, 3.63) is 70.8 Å². The molecule has 4 nitrogen and oxygen atoms in total. The summed E-state index contributed by atoms with van der Waals surface area (Å²) in [5.74, 6) is -0.392. The van der Waals surface area contributed by atoms with E-state index in [2.05, 4.69) is 5.32 Å². The van der Waals surface area contributed by atoms with Crippen LogP contribution in [0.4, 0.5) is 5.69 Å². The molecule has 26 heavy (non-hydrogen) atoms. The smallest absolute Gasteiger partial charge is 0.330 e. The van der Waals surface area contributed by atoms with Crippen molar-refractivity contribution in [3.63, 3.8) is 0 Å². The molecule has 0 unspecified atom stereocenters. The van der Waals surface area contributed by atoms with E-state index in [1.165, 1.54) is 6.08 Å². The van der Waals surface area contributed by atoms with E-state index in [1.54, 1.807) is 13.0 Å². The van der Waals surface area contributed by atoms with Crippen LogP contribution >= 0.6 is 11.6 Å². The zero-order chi connectivity index (χ0) is 18.6. The molecule has 0 saturated heterocycles. The van der Waals surface area contributed by atoms with Gasteiger partial charge in [0, 0.05) is 16.8 Å². The summed E-state index contributed by atoms with van der Waals surface area (Å²) in [5, 5.41) is 3.62. The van der Waals surface area contributed by atoms with Crippen molar-refractivity contribution in [2.24, 2.45) is 0 Å². The van der Waals surface area contributed by atoms with E-state index in [9.17, 15) is 9.59 Å². The van der Waals surface area contributed by atoms with Crippen molar-refractivity contribution < 1.29 is 14.3 Å². The van der Waals surface area contributed by atoms with Crippen LogP contribution in [0, 0.1) is 0 Å². The maximum Gasteiger partial charge on any atom is 0.330 e. The summed E-state index contributed by atoms with van der Waals surface area (Å²) in [4.78, 5) is 24.1. The number of amides is 1. The third kappa shape index (κ3) is 4.14. The average Bonchev–Trinajstić information content (AvgIpc) is 3.43. The van der Waals surface area contributed by atoms with Gasteiger partial charge in [-0.15, -0.1) is 0 Å². The van der Waals surface area contributed by atoms with Crippen molar-refractivity contribution >= 4 is 35.2 Å². The van der Waals surface area contributed by atoms with Crippen LogP contribution in [0.3, 0.4) is 0 Å². The second kappa shape index (κ2) is 7.75. The van der Waals surface area contributed by atoms with Gasteiger partial charge in [-0.1, -0.05) is 35.9 Å². The normalized spacial score (nSPS) is 14.8. The quantitative estimate of drug-likeness (QED) is 0.598. The number of rotatable bonds is 6. The van der Waals surface area contributed by atoms with Crippen LogP contribution in [0.15, 0.2) is 54.6 Å². The summed E-state index contributed by atoms with van der Waals surface area (Å²) < 4.78 is 4.84. The van der Waals surface area contributed by atoms with Crippen LogP contribution in [0.25, 0.3) is 6.08 Å². The van der Waals surface area contributed by atoms with Crippen molar-refractivity contribution in [1.82, 2.24) is 0 Å². The number of halogens is 1. The fraction of sp³-hybridized carbons (Fsp3) is 0.238. The first-order valence-electron chi connectivity index (χ1n) is 8.56. The van der Waals surface area contributed by atoms with Gasteiger partial charge in [-0.3, -0.25) is 4.79 Å². The minimum atomic E-state index is -0.479. The fourth-order valence-electron chi connectivity index (χ4n) is 2.84. The molecule has 5 heteroatoms. The van der Waals surface area contributed by atoms with Gasteiger partial charge in [-0.05, 0) is 61.2 Å². The van der Waals surface area contributed by atoms with E-state index in [-0.39, 0.29) is 11.9 Å². The van der Waals surface area contributed by atoms with Crippen LogP contribution in [0.5, 0.6) is 0 Å². The van der Waals surface area contributed by atoms with Gasteiger partial charge in [0.25, 0.3) is 0 Å². The maximum atomic E-state index is 12.8. The first-order chi connectivity index (χ1) is 12.5. The van der Waals surface area contributed by atoms with Crippen molar-refractivity contribution in [3.8, 4) is 0 Å². The molecule has 0 atom stereocenters. The number of benzene rings is 2. The zero-order valence-corrected chi connectivity index (χ0v) is 15.3. The summed E-state index contributed by atoms with van der Waals surface area (Å²) >= 11 is 6.06. The molecule has 1 saturated carbocycles. The van der Waals surface area contributed by atoms with Crippen LogP contribution < -0.4 is 5.32 Å². The molecule has 0 spiro atoms. The van der Waals surface area contributed by atoms with E-state index < -0.39 is 5.41 Å². The molecule has 134 valence electrons. The Hall–Kier alpha value is -2.59. The first-order valence-corrected chi connectivity index (χ1v) is 8.94. The number of carbonyl (C=O) groups is 2. The lowest BCUT2D eigenvalue weighted by atomic mass is 9.95. The van der Waals surface area contributed by atoms with Crippen molar-refractivity contribution in [2.75, 3.05) is 11.9 Å². The Morgan fingerprint density at radius 2 is 1.92 bits per heavy atom. The number of carbonyl (C=O) groups excluding carboxylic acids is 2. The predicted molar refractivity (Wildman–Crippen MR) is 103 cm³/mol. The standard InChI is InChI=1S/C21H20ClNO3/c1-2-26-19(24)11-8-15-6-9-18(10-7-15)23-20(25)21(12-13-21)16-4-3-5-17(22)14-16/h3-11,14H,2,12-13H2,1H3,(H,23,25)/b11-8+. The molecule has 1 aliphatic rings. The summed E-state index contributed by atoms with van der Waals surface area (Å²) in [6, 6.07) is 14.8.